The third kappa shape index (κ3) is 7.05. The average molecular weight is 520 g/mol. The van der Waals surface area contributed by atoms with Gasteiger partial charge in [0.05, 0.1) is 5.52 Å². The molecule has 0 bridgehead atoms. The predicted molar refractivity (Wildman–Crippen MR) is 143 cm³/mol. The molecule has 0 unspecified atom stereocenters. The van der Waals surface area contributed by atoms with Crippen LogP contribution in [0.5, 0.6) is 0 Å². The van der Waals surface area contributed by atoms with E-state index in [2.05, 4.69) is 89.6 Å². The van der Waals surface area contributed by atoms with Crippen LogP contribution in [-0.2, 0) is 13.0 Å². The van der Waals surface area contributed by atoms with Crippen molar-refractivity contribution in [2.75, 3.05) is 24.5 Å². The molecule has 0 aliphatic heterocycles. The van der Waals surface area contributed by atoms with E-state index in [0.717, 1.165) is 65.9 Å². The molecule has 0 spiro atoms. The highest BCUT2D eigenvalue weighted by molar-refractivity contribution is 9.10. The van der Waals surface area contributed by atoms with E-state index in [0.29, 0.717) is 12.5 Å². The summed E-state index contributed by atoms with van der Waals surface area (Å²) in [4.78, 5) is 19.1. The van der Waals surface area contributed by atoms with Crippen LogP contribution in [0.25, 0.3) is 10.9 Å². The van der Waals surface area contributed by atoms with Gasteiger partial charge in [-0.1, -0.05) is 46.3 Å². The number of pyridine rings is 1. The minimum absolute atomic E-state index is 0.489. The van der Waals surface area contributed by atoms with Crippen LogP contribution in [0.15, 0.2) is 82.5 Å². The van der Waals surface area contributed by atoms with E-state index < -0.39 is 0 Å². The molecule has 176 valence electrons. The second-order valence-electron chi connectivity index (χ2n) is 8.10. The molecule has 7 nitrogen and oxygen atoms in total. The van der Waals surface area contributed by atoms with Crippen LogP contribution in [-0.4, -0.2) is 40.5 Å². The highest BCUT2D eigenvalue weighted by Gasteiger charge is 2.10. The lowest BCUT2D eigenvalue weighted by Crippen LogP contribution is -2.33. The van der Waals surface area contributed by atoms with Crippen LogP contribution in [0.4, 0.5) is 5.82 Å². The number of para-hydroxylation sites is 1. The number of imidazole rings is 1. The molecule has 0 aliphatic rings. The third-order valence-corrected chi connectivity index (χ3v) is 6.04. The topological polar surface area (TPSA) is 95.2 Å². The molecule has 4 N–H and O–H groups in total. The Kier molecular flexibility index (Phi) is 8.51. The van der Waals surface area contributed by atoms with E-state index in [4.69, 9.17) is 10.7 Å². The van der Waals surface area contributed by atoms with Gasteiger partial charge in [0.15, 0.2) is 5.96 Å². The molecule has 0 fully saturated rings. The number of anilines is 1. The maximum absolute atomic E-state index is 6.05. The van der Waals surface area contributed by atoms with Gasteiger partial charge in [-0.25, -0.2) is 9.97 Å². The molecule has 0 saturated carbocycles. The Bertz CT molecular complexity index is 1190. The summed E-state index contributed by atoms with van der Waals surface area (Å²) < 4.78 is 1.08. The summed E-state index contributed by atoms with van der Waals surface area (Å²) in [6.07, 6.45) is 6.31. The summed E-state index contributed by atoms with van der Waals surface area (Å²) in [7, 11) is 0. The molecule has 2 heterocycles. The van der Waals surface area contributed by atoms with E-state index in [1.807, 2.05) is 18.3 Å². The van der Waals surface area contributed by atoms with Gasteiger partial charge in [-0.05, 0) is 48.7 Å². The summed E-state index contributed by atoms with van der Waals surface area (Å²) in [6.45, 7) is 3.04. The van der Waals surface area contributed by atoms with Gasteiger partial charge in [0.1, 0.15) is 11.6 Å². The minimum atomic E-state index is 0.489. The lowest BCUT2D eigenvalue weighted by Gasteiger charge is -2.24. The van der Waals surface area contributed by atoms with E-state index >= 15 is 0 Å². The number of rotatable bonds is 11. The summed E-state index contributed by atoms with van der Waals surface area (Å²) in [5.74, 6) is 2.45. The highest BCUT2D eigenvalue weighted by Crippen LogP contribution is 2.21. The molecule has 0 atom stereocenters. The van der Waals surface area contributed by atoms with E-state index in [-0.39, 0.29) is 0 Å². The zero-order valence-corrected chi connectivity index (χ0v) is 20.7. The molecule has 0 aliphatic carbocycles. The van der Waals surface area contributed by atoms with Gasteiger partial charge in [0.25, 0.3) is 0 Å². The van der Waals surface area contributed by atoms with Gasteiger partial charge < -0.3 is 20.9 Å². The normalized spacial score (nSPS) is 11.6. The summed E-state index contributed by atoms with van der Waals surface area (Å²) >= 11 is 3.52. The van der Waals surface area contributed by atoms with Crippen molar-refractivity contribution < 1.29 is 0 Å². The van der Waals surface area contributed by atoms with Crippen molar-refractivity contribution in [3.8, 4) is 0 Å². The monoisotopic (exact) mass is 519 g/mol. The lowest BCUT2D eigenvalue weighted by molar-refractivity contribution is 0.718. The van der Waals surface area contributed by atoms with Gasteiger partial charge >= 0.3 is 0 Å². The third-order valence-electron chi connectivity index (χ3n) is 5.51. The molecule has 34 heavy (non-hydrogen) atoms. The SMILES string of the molecule is NC(=NCCCN(Cc1ccc(Br)cc1)c1ccc2ccccc2n1)NCCCc1ncc[nH]1. The number of aryl methyl sites for hydroxylation is 1. The second-order valence-corrected chi connectivity index (χ2v) is 9.01. The van der Waals surface area contributed by atoms with Gasteiger partial charge in [0, 0.05) is 54.9 Å². The number of guanidine groups is 1. The molecule has 8 heteroatoms. The van der Waals surface area contributed by atoms with Gasteiger partial charge in [-0.3, -0.25) is 4.99 Å². The minimum Gasteiger partial charge on any atom is -0.370 e. The zero-order chi connectivity index (χ0) is 23.6. The number of aromatic amines is 1. The first-order chi connectivity index (χ1) is 16.7. The molecule has 4 rings (SSSR count). The largest absolute Gasteiger partial charge is 0.370 e. The summed E-state index contributed by atoms with van der Waals surface area (Å²) in [5.41, 5.74) is 8.28. The van der Waals surface area contributed by atoms with Crippen LogP contribution in [0, 0.1) is 0 Å². The van der Waals surface area contributed by atoms with Crippen LogP contribution >= 0.6 is 15.9 Å². The average Bonchev–Trinajstić information content (AvgIpc) is 3.38. The fourth-order valence-electron chi connectivity index (χ4n) is 3.74. The number of nitrogens with one attached hydrogen (secondary N) is 2. The van der Waals surface area contributed by atoms with Crippen LogP contribution in [0.3, 0.4) is 0 Å². The van der Waals surface area contributed by atoms with Crippen LogP contribution < -0.4 is 16.0 Å². The first kappa shape index (κ1) is 23.8. The predicted octanol–water partition coefficient (Wildman–Crippen LogP) is 4.65. The number of hydrogen-bond donors (Lipinski definition) is 3. The van der Waals surface area contributed by atoms with Crippen molar-refractivity contribution in [1.29, 1.82) is 0 Å². The van der Waals surface area contributed by atoms with E-state index in [9.17, 15) is 0 Å². The number of hydrogen-bond acceptors (Lipinski definition) is 4. The number of halogens is 1. The van der Waals surface area contributed by atoms with Crippen molar-refractivity contribution >= 4 is 38.6 Å². The maximum Gasteiger partial charge on any atom is 0.188 e. The molecular formula is C26H30BrN7. The molecule has 0 amide bonds. The number of nitrogens with two attached hydrogens (primary N) is 1. The van der Waals surface area contributed by atoms with Crippen molar-refractivity contribution in [3.05, 3.63) is 88.9 Å². The first-order valence-corrected chi connectivity index (χ1v) is 12.3. The van der Waals surface area contributed by atoms with Gasteiger partial charge in [0.2, 0.25) is 0 Å². The molecule has 0 saturated heterocycles. The number of fused-ring (bicyclic) bond motifs is 1. The van der Waals surface area contributed by atoms with Crippen molar-refractivity contribution in [3.63, 3.8) is 0 Å². The van der Waals surface area contributed by atoms with Crippen molar-refractivity contribution in [2.24, 2.45) is 10.7 Å². The molecule has 2 aromatic heterocycles. The second kappa shape index (κ2) is 12.2. The number of benzene rings is 2. The van der Waals surface area contributed by atoms with Crippen molar-refractivity contribution in [2.45, 2.75) is 25.8 Å². The van der Waals surface area contributed by atoms with Gasteiger partial charge in [-0.15, -0.1) is 0 Å². The maximum atomic E-state index is 6.05. The Morgan fingerprint density at radius 2 is 1.91 bits per heavy atom. The van der Waals surface area contributed by atoms with Crippen LogP contribution in [0.2, 0.25) is 0 Å². The Balaban J connectivity index is 1.33. The fourth-order valence-corrected chi connectivity index (χ4v) is 4.00. The number of aromatic nitrogens is 3. The van der Waals surface area contributed by atoms with E-state index in [1.54, 1.807) is 6.20 Å². The molecule has 2 aromatic carbocycles. The summed E-state index contributed by atoms with van der Waals surface area (Å²) in [6, 6.07) is 20.9. The Morgan fingerprint density at radius 1 is 1.06 bits per heavy atom. The Morgan fingerprint density at radius 3 is 2.74 bits per heavy atom. The highest BCUT2D eigenvalue weighted by atomic mass is 79.9. The van der Waals surface area contributed by atoms with Crippen LogP contribution in [0.1, 0.15) is 24.2 Å². The Labute approximate surface area is 208 Å². The van der Waals surface area contributed by atoms with Crippen molar-refractivity contribution in [1.82, 2.24) is 20.3 Å². The lowest BCUT2D eigenvalue weighted by atomic mass is 10.2. The van der Waals surface area contributed by atoms with E-state index in [1.165, 1.54) is 5.56 Å². The number of nitrogens with zero attached hydrogens (tertiary/aromatic N) is 4. The smallest absolute Gasteiger partial charge is 0.188 e. The number of H-pyrrole nitrogens is 1. The first-order valence-electron chi connectivity index (χ1n) is 11.5. The zero-order valence-electron chi connectivity index (χ0n) is 19.1. The quantitative estimate of drug-likeness (QED) is 0.152. The molecule has 4 aromatic rings. The molecule has 0 radical (unpaired) electrons. The summed E-state index contributed by atoms with van der Waals surface area (Å²) in [5, 5.41) is 4.33. The number of aliphatic imine (C=N–C) groups is 1. The van der Waals surface area contributed by atoms with Gasteiger partial charge in [-0.2, -0.15) is 0 Å². The fraction of sp³-hybridized carbons (Fsp3) is 0.269. The molecular weight excluding hydrogens is 490 g/mol. The Hall–Kier alpha value is -3.39. The standard InChI is InChI=1S/C26H30BrN7/c27-22-11-8-20(9-12-22)19-34(25-13-10-21-5-1-2-6-23(21)33-25)18-4-15-32-26(28)31-14-3-7-24-29-16-17-30-24/h1-2,5-6,8-13,16-17H,3-4,7,14-15,18-19H2,(H,29,30)(H3,28,31,32).